The monoisotopic (exact) mass is 424 g/mol. The lowest BCUT2D eigenvalue weighted by Gasteiger charge is -2.57. The summed E-state index contributed by atoms with van der Waals surface area (Å²) in [5, 5.41) is 12.1. The van der Waals surface area contributed by atoms with Gasteiger partial charge in [-0.25, -0.2) is 0 Å². The molecule has 0 aliphatic heterocycles. The highest BCUT2D eigenvalue weighted by Crippen LogP contribution is 2.78. The van der Waals surface area contributed by atoms with Gasteiger partial charge in [-0.1, -0.05) is 22.9 Å². The zero-order valence-electron chi connectivity index (χ0n) is 16.7. The van der Waals surface area contributed by atoms with Gasteiger partial charge in [0.2, 0.25) is 0 Å². The molecule has 3 unspecified atom stereocenters. The van der Waals surface area contributed by atoms with Crippen molar-refractivity contribution in [3.63, 3.8) is 0 Å². The lowest BCUT2D eigenvalue weighted by Crippen LogP contribution is -2.52. The van der Waals surface area contributed by atoms with Gasteiger partial charge in [0.25, 0.3) is 0 Å². The molecule has 1 N–H and O–H groups in total. The summed E-state index contributed by atoms with van der Waals surface area (Å²) in [4.78, 5) is 0. The van der Waals surface area contributed by atoms with Crippen molar-refractivity contribution >= 4 is 15.9 Å². The van der Waals surface area contributed by atoms with Crippen molar-refractivity contribution in [1.82, 2.24) is 0 Å². The van der Waals surface area contributed by atoms with Crippen molar-refractivity contribution in [3.8, 4) is 0 Å². The van der Waals surface area contributed by atoms with E-state index >= 15 is 0 Å². The van der Waals surface area contributed by atoms with Gasteiger partial charge in [0.05, 0.1) is 12.2 Å². The number of alkyl halides is 1. The molecular weight excluding hydrogens is 388 g/mol. The molecule has 0 saturated heterocycles. The predicted octanol–water partition coefficient (Wildman–Crippen LogP) is 5.42. The summed E-state index contributed by atoms with van der Waals surface area (Å²) < 4.78 is 5.34. The molecule has 0 heterocycles. The van der Waals surface area contributed by atoms with E-state index < -0.39 is 5.60 Å². The number of hydrogen-bond donors (Lipinski definition) is 1. The molecule has 0 aromatic carbocycles. The van der Waals surface area contributed by atoms with Gasteiger partial charge in [-0.2, -0.15) is 0 Å². The number of ether oxygens (including phenoxy) is 1. The minimum Gasteiger partial charge on any atom is -0.387 e. The quantitative estimate of drug-likeness (QED) is 0.612. The zero-order chi connectivity index (χ0) is 18.2. The maximum atomic E-state index is 10.9. The second-order valence-electron chi connectivity index (χ2n) is 11.0. The van der Waals surface area contributed by atoms with Crippen LogP contribution >= 0.6 is 15.9 Å². The Bertz CT molecular complexity index is 566. The van der Waals surface area contributed by atoms with E-state index in [1.165, 1.54) is 56.7 Å². The number of fused-ring (bicyclic) bond motifs is 6. The molecule has 5 aliphatic rings. The summed E-state index contributed by atoms with van der Waals surface area (Å²) in [5.41, 5.74) is 0.791. The van der Waals surface area contributed by atoms with Crippen molar-refractivity contribution in [2.45, 2.75) is 76.7 Å². The third kappa shape index (κ3) is 2.41. The van der Waals surface area contributed by atoms with Crippen molar-refractivity contribution in [1.29, 1.82) is 0 Å². The average molecular weight is 425 g/mol. The van der Waals surface area contributed by atoms with E-state index in [4.69, 9.17) is 4.74 Å². The Kier molecular flexibility index (Phi) is 4.39. The molecule has 9 atom stereocenters. The highest BCUT2D eigenvalue weighted by atomic mass is 79.9. The molecule has 5 saturated carbocycles. The molecule has 2 nitrogen and oxygen atoms in total. The molecule has 5 fully saturated rings. The topological polar surface area (TPSA) is 29.5 Å². The average Bonchev–Trinajstić information content (AvgIpc) is 3.27. The molecule has 148 valence electrons. The lowest BCUT2D eigenvalue weighted by atomic mass is 9.48. The van der Waals surface area contributed by atoms with Crippen molar-refractivity contribution < 1.29 is 9.84 Å². The van der Waals surface area contributed by atoms with E-state index in [9.17, 15) is 5.11 Å². The molecule has 3 heteroatoms. The Balaban J connectivity index is 1.34. The number of methoxy groups -OCH3 is 1. The van der Waals surface area contributed by atoms with Crippen LogP contribution < -0.4 is 0 Å². The van der Waals surface area contributed by atoms with Gasteiger partial charge < -0.3 is 9.84 Å². The fourth-order valence-corrected chi connectivity index (χ4v) is 9.97. The smallest absolute Gasteiger partial charge is 0.0882 e. The normalized spacial score (nSPS) is 58.2. The largest absolute Gasteiger partial charge is 0.387 e. The fraction of sp³-hybridized carbons (Fsp3) is 1.00. The molecule has 0 bridgehead atoms. The molecule has 0 aromatic heterocycles. The van der Waals surface area contributed by atoms with E-state index in [1.54, 1.807) is 7.11 Å². The van der Waals surface area contributed by atoms with Gasteiger partial charge in [0, 0.05) is 12.4 Å². The second kappa shape index (κ2) is 6.20. The van der Waals surface area contributed by atoms with E-state index in [0.717, 1.165) is 48.3 Å². The maximum absolute atomic E-state index is 10.9. The third-order valence-corrected chi connectivity index (χ3v) is 11.1. The number of halogens is 1. The first-order valence-electron chi connectivity index (χ1n) is 11.2. The molecule has 5 rings (SSSR count). The van der Waals surface area contributed by atoms with E-state index in [1.807, 2.05) is 0 Å². The zero-order valence-corrected chi connectivity index (χ0v) is 18.3. The highest BCUT2D eigenvalue weighted by Gasteiger charge is 2.71. The Morgan fingerprint density at radius 1 is 0.962 bits per heavy atom. The number of hydrogen-bond acceptors (Lipinski definition) is 2. The number of rotatable bonds is 3. The van der Waals surface area contributed by atoms with Crippen LogP contribution in [-0.2, 0) is 4.74 Å². The Labute approximate surface area is 168 Å². The lowest BCUT2D eigenvalue weighted by molar-refractivity contribution is -0.126. The van der Waals surface area contributed by atoms with Crippen molar-refractivity contribution in [2.75, 3.05) is 19.0 Å². The standard InChI is InChI=1S/C23H37BrO2/c1-21-8-5-18-17-6-9-22(25,14-26-2)11-15(17)3-4-19(18)20(21)7-10-23(21)12-16(23)13-24/h15-20,25H,3-14H2,1-2H3/t15-,16?,17-,18+,19?,20-,21-,22+,23?/m0/s1. The van der Waals surface area contributed by atoms with Crippen molar-refractivity contribution in [3.05, 3.63) is 0 Å². The highest BCUT2D eigenvalue weighted by molar-refractivity contribution is 9.09. The minimum atomic E-state index is -0.541. The summed E-state index contributed by atoms with van der Waals surface area (Å²) >= 11 is 3.81. The molecular formula is C23H37BrO2. The summed E-state index contributed by atoms with van der Waals surface area (Å²) in [7, 11) is 1.73. The van der Waals surface area contributed by atoms with Crippen molar-refractivity contribution in [2.24, 2.45) is 46.3 Å². The Morgan fingerprint density at radius 2 is 1.77 bits per heavy atom. The first-order chi connectivity index (χ1) is 12.5. The van der Waals surface area contributed by atoms with E-state index in [2.05, 4.69) is 22.9 Å². The Morgan fingerprint density at radius 3 is 2.50 bits per heavy atom. The van der Waals surface area contributed by atoms with Gasteiger partial charge in [0.15, 0.2) is 0 Å². The van der Waals surface area contributed by atoms with Gasteiger partial charge >= 0.3 is 0 Å². The molecule has 0 radical (unpaired) electrons. The summed E-state index contributed by atoms with van der Waals surface area (Å²) in [6, 6.07) is 0. The molecule has 1 spiro atoms. The van der Waals surface area contributed by atoms with Crippen LogP contribution in [0.5, 0.6) is 0 Å². The van der Waals surface area contributed by atoms with Gasteiger partial charge in [-0.15, -0.1) is 0 Å². The van der Waals surface area contributed by atoms with Crippen LogP contribution in [0.1, 0.15) is 71.1 Å². The SMILES string of the molecule is COC[C@@]1(O)CC[C@H]2[C@@H](CCC3[C@@H]2CC[C@@]2(C)[C@H]3CCC23CC3CBr)C1. The van der Waals surface area contributed by atoms with E-state index in [0.29, 0.717) is 17.4 Å². The Hall–Kier alpha value is 0.400. The van der Waals surface area contributed by atoms with Crippen LogP contribution in [0.15, 0.2) is 0 Å². The van der Waals surface area contributed by atoms with Crippen LogP contribution in [0.3, 0.4) is 0 Å². The molecule has 0 amide bonds. The summed E-state index contributed by atoms with van der Waals surface area (Å²) in [5.74, 6) is 5.53. The van der Waals surface area contributed by atoms with Crippen LogP contribution in [0.4, 0.5) is 0 Å². The molecule has 0 aromatic rings. The summed E-state index contributed by atoms with van der Waals surface area (Å²) in [6.07, 6.45) is 13.5. The van der Waals surface area contributed by atoms with Gasteiger partial charge in [0.1, 0.15) is 0 Å². The van der Waals surface area contributed by atoms with Crippen LogP contribution in [0.25, 0.3) is 0 Å². The van der Waals surface area contributed by atoms with Crippen LogP contribution in [0.2, 0.25) is 0 Å². The fourth-order valence-electron chi connectivity index (χ4n) is 9.12. The van der Waals surface area contributed by atoms with Crippen LogP contribution in [0, 0.1) is 46.3 Å². The second-order valence-corrected chi connectivity index (χ2v) is 11.7. The first-order valence-corrected chi connectivity index (χ1v) is 12.4. The molecule has 5 aliphatic carbocycles. The third-order valence-electron chi connectivity index (χ3n) is 10.4. The van der Waals surface area contributed by atoms with Gasteiger partial charge in [-0.3, -0.25) is 0 Å². The minimum absolute atomic E-state index is 0.529. The number of aliphatic hydroxyl groups is 1. The predicted molar refractivity (Wildman–Crippen MR) is 108 cm³/mol. The van der Waals surface area contributed by atoms with Gasteiger partial charge in [-0.05, 0) is 111 Å². The van der Waals surface area contributed by atoms with Crippen LogP contribution in [-0.4, -0.2) is 29.8 Å². The first kappa shape index (κ1) is 18.4. The molecule has 26 heavy (non-hydrogen) atoms. The summed E-state index contributed by atoms with van der Waals surface area (Å²) in [6.45, 7) is 3.22. The van der Waals surface area contributed by atoms with E-state index in [-0.39, 0.29) is 0 Å². The maximum Gasteiger partial charge on any atom is 0.0882 e.